The third-order valence-corrected chi connectivity index (χ3v) is 6.74. The first-order valence-corrected chi connectivity index (χ1v) is 12.2. The highest BCUT2D eigenvalue weighted by Crippen LogP contribution is 2.32. The molecule has 4 rings (SSSR count). The number of hydrogen-bond donors (Lipinski definition) is 1. The summed E-state index contributed by atoms with van der Waals surface area (Å²) < 4.78 is 1.94. The molecule has 10 heteroatoms. The second-order valence-electron chi connectivity index (χ2n) is 7.35. The van der Waals surface area contributed by atoms with Gasteiger partial charge in [-0.3, -0.25) is 14.3 Å². The fraction of sp³-hybridized carbons (Fsp3) is 0.227. The molecule has 7 nitrogen and oxygen atoms in total. The third-order valence-electron chi connectivity index (χ3n) is 4.45. The lowest BCUT2D eigenvalue weighted by Gasteiger charge is -2.11. The highest BCUT2D eigenvalue weighted by atomic mass is 35.5. The van der Waals surface area contributed by atoms with Crippen molar-refractivity contribution in [2.45, 2.75) is 24.8 Å². The Hall–Kier alpha value is -2.75. The Balaban J connectivity index is 1.58. The second kappa shape index (κ2) is 10.2. The Morgan fingerprint density at radius 3 is 2.72 bits per heavy atom. The van der Waals surface area contributed by atoms with E-state index in [1.165, 1.54) is 23.1 Å². The summed E-state index contributed by atoms with van der Waals surface area (Å²) in [5.74, 6) is 1.47. The number of carbonyl (C=O) groups excluding carboxylic acids is 1. The molecule has 164 valence electrons. The number of thiazole rings is 1. The zero-order chi connectivity index (χ0) is 22.5. The molecule has 0 saturated heterocycles. The molecule has 0 bridgehead atoms. The van der Waals surface area contributed by atoms with Gasteiger partial charge in [0.15, 0.2) is 11.0 Å². The van der Waals surface area contributed by atoms with Gasteiger partial charge >= 0.3 is 0 Å². The molecular formula is C22H21ClN6OS2. The van der Waals surface area contributed by atoms with Crippen LogP contribution < -0.4 is 5.32 Å². The van der Waals surface area contributed by atoms with Crippen LogP contribution in [-0.2, 0) is 5.75 Å². The largest absolute Gasteiger partial charge is 0.350 e. The van der Waals surface area contributed by atoms with E-state index in [4.69, 9.17) is 11.6 Å². The smallest absolute Gasteiger partial charge is 0.270 e. The van der Waals surface area contributed by atoms with Crippen molar-refractivity contribution in [2.75, 3.05) is 6.54 Å². The summed E-state index contributed by atoms with van der Waals surface area (Å²) in [5.41, 5.74) is 2.12. The van der Waals surface area contributed by atoms with E-state index >= 15 is 0 Å². The van der Waals surface area contributed by atoms with Crippen LogP contribution in [0.3, 0.4) is 0 Å². The average Bonchev–Trinajstić information content (AvgIpc) is 3.44. The van der Waals surface area contributed by atoms with E-state index in [0.717, 1.165) is 16.3 Å². The SMILES string of the molecule is CC(C)CNC(=O)c1csc(CSc2nnc(-c3ccncc3)n2-c2ccccc2Cl)n1. The van der Waals surface area contributed by atoms with Gasteiger partial charge in [0.1, 0.15) is 10.7 Å². The minimum Gasteiger partial charge on any atom is -0.350 e. The maximum atomic E-state index is 12.3. The lowest BCUT2D eigenvalue weighted by molar-refractivity contribution is 0.0944. The molecule has 0 saturated carbocycles. The number of benzene rings is 1. The zero-order valence-electron chi connectivity index (χ0n) is 17.5. The molecule has 3 heterocycles. The molecule has 0 aliphatic heterocycles. The van der Waals surface area contributed by atoms with Crippen LogP contribution in [0.5, 0.6) is 0 Å². The predicted octanol–water partition coefficient (Wildman–Crippen LogP) is 5.12. The highest BCUT2D eigenvalue weighted by Gasteiger charge is 2.19. The fourth-order valence-corrected chi connectivity index (χ4v) is 4.85. The van der Waals surface area contributed by atoms with E-state index in [2.05, 4.69) is 39.3 Å². The van der Waals surface area contributed by atoms with Gasteiger partial charge in [-0.1, -0.05) is 49.3 Å². The van der Waals surface area contributed by atoms with Crippen LogP contribution in [0.1, 0.15) is 29.3 Å². The molecular weight excluding hydrogens is 464 g/mol. The predicted molar refractivity (Wildman–Crippen MR) is 128 cm³/mol. The number of carbonyl (C=O) groups is 1. The van der Waals surface area contributed by atoms with Crippen molar-refractivity contribution < 1.29 is 4.79 Å². The van der Waals surface area contributed by atoms with Crippen LogP contribution in [0, 0.1) is 5.92 Å². The molecule has 4 aromatic rings. The number of para-hydroxylation sites is 1. The summed E-state index contributed by atoms with van der Waals surface area (Å²) in [6.45, 7) is 4.73. The minimum atomic E-state index is -0.148. The molecule has 1 amide bonds. The van der Waals surface area contributed by atoms with Crippen LogP contribution in [0.2, 0.25) is 5.02 Å². The van der Waals surface area contributed by atoms with Gasteiger partial charge in [0, 0.05) is 29.9 Å². The van der Waals surface area contributed by atoms with Crippen LogP contribution in [0.4, 0.5) is 0 Å². The molecule has 1 aromatic carbocycles. The van der Waals surface area contributed by atoms with E-state index in [1.54, 1.807) is 17.8 Å². The third kappa shape index (κ3) is 5.17. The second-order valence-corrected chi connectivity index (χ2v) is 9.64. The number of hydrogen-bond acceptors (Lipinski definition) is 7. The van der Waals surface area contributed by atoms with E-state index in [1.807, 2.05) is 41.0 Å². The van der Waals surface area contributed by atoms with Crippen LogP contribution >= 0.6 is 34.7 Å². The lowest BCUT2D eigenvalue weighted by atomic mass is 10.2. The van der Waals surface area contributed by atoms with Crippen molar-refractivity contribution in [3.05, 3.63) is 69.9 Å². The maximum Gasteiger partial charge on any atom is 0.270 e. The van der Waals surface area contributed by atoms with E-state index in [0.29, 0.717) is 39.9 Å². The summed E-state index contributed by atoms with van der Waals surface area (Å²) in [6.07, 6.45) is 3.43. The summed E-state index contributed by atoms with van der Waals surface area (Å²) >= 11 is 9.45. The van der Waals surface area contributed by atoms with Gasteiger partial charge < -0.3 is 5.32 Å². The number of nitrogens with one attached hydrogen (secondary N) is 1. The van der Waals surface area contributed by atoms with Crippen molar-refractivity contribution in [3.63, 3.8) is 0 Å². The summed E-state index contributed by atoms with van der Waals surface area (Å²) in [7, 11) is 0. The van der Waals surface area contributed by atoms with Gasteiger partial charge in [0.05, 0.1) is 16.5 Å². The Morgan fingerprint density at radius 2 is 1.97 bits per heavy atom. The number of pyridine rings is 1. The molecule has 0 atom stereocenters. The minimum absolute atomic E-state index is 0.148. The molecule has 32 heavy (non-hydrogen) atoms. The molecule has 0 radical (unpaired) electrons. The van der Waals surface area contributed by atoms with Gasteiger partial charge in [0.2, 0.25) is 0 Å². The van der Waals surface area contributed by atoms with Gasteiger partial charge in [0.25, 0.3) is 5.91 Å². The molecule has 0 spiro atoms. The first-order valence-electron chi connectivity index (χ1n) is 9.99. The van der Waals surface area contributed by atoms with Crippen molar-refractivity contribution in [1.29, 1.82) is 0 Å². The topological polar surface area (TPSA) is 85.6 Å². The number of thioether (sulfide) groups is 1. The van der Waals surface area contributed by atoms with Gasteiger partial charge in [-0.05, 0) is 30.2 Å². The number of rotatable bonds is 8. The molecule has 0 aliphatic carbocycles. The molecule has 1 N–H and O–H groups in total. The van der Waals surface area contributed by atoms with E-state index in [9.17, 15) is 4.79 Å². The summed E-state index contributed by atoms with van der Waals surface area (Å²) in [6, 6.07) is 11.3. The Bertz CT molecular complexity index is 1210. The average molecular weight is 485 g/mol. The summed E-state index contributed by atoms with van der Waals surface area (Å²) in [5, 5.41) is 15.6. The van der Waals surface area contributed by atoms with Crippen molar-refractivity contribution in [1.82, 2.24) is 30.0 Å². The molecule has 0 unspecified atom stereocenters. The van der Waals surface area contributed by atoms with E-state index in [-0.39, 0.29) is 5.91 Å². The highest BCUT2D eigenvalue weighted by molar-refractivity contribution is 7.98. The Labute approximate surface area is 199 Å². The first-order chi connectivity index (χ1) is 15.5. The van der Waals surface area contributed by atoms with Gasteiger partial charge in [-0.15, -0.1) is 21.5 Å². The van der Waals surface area contributed by atoms with Gasteiger partial charge in [-0.25, -0.2) is 4.98 Å². The number of nitrogens with zero attached hydrogens (tertiary/aromatic N) is 5. The molecule has 3 aromatic heterocycles. The van der Waals surface area contributed by atoms with Crippen LogP contribution in [-0.4, -0.2) is 37.2 Å². The van der Waals surface area contributed by atoms with Crippen molar-refractivity contribution >= 4 is 40.6 Å². The monoisotopic (exact) mass is 484 g/mol. The first kappa shape index (κ1) is 22.4. The maximum absolute atomic E-state index is 12.3. The fourth-order valence-electron chi connectivity index (χ4n) is 2.90. The van der Waals surface area contributed by atoms with Crippen molar-refractivity contribution in [2.24, 2.45) is 5.92 Å². The number of halogens is 1. The normalized spacial score (nSPS) is 11.1. The zero-order valence-corrected chi connectivity index (χ0v) is 19.9. The van der Waals surface area contributed by atoms with E-state index < -0.39 is 0 Å². The number of aromatic nitrogens is 5. The van der Waals surface area contributed by atoms with Crippen molar-refractivity contribution in [3.8, 4) is 17.1 Å². The standard InChI is InChI=1S/C22H21ClN6OS2/c1-14(2)11-25-21(30)17-12-31-19(26-17)13-32-22-28-27-20(15-7-9-24-10-8-15)29(22)18-6-4-3-5-16(18)23/h3-10,12,14H,11,13H2,1-2H3,(H,25,30). The van der Waals surface area contributed by atoms with Crippen LogP contribution in [0.25, 0.3) is 17.1 Å². The molecule has 0 aliphatic rings. The lowest BCUT2D eigenvalue weighted by Crippen LogP contribution is -2.27. The molecule has 0 fully saturated rings. The number of amides is 1. The van der Waals surface area contributed by atoms with Crippen LogP contribution in [0.15, 0.2) is 59.3 Å². The summed E-state index contributed by atoms with van der Waals surface area (Å²) in [4.78, 5) is 20.8. The van der Waals surface area contributed by atoms with Gasteiger partial charge in [-0.2, -0.15) is 0 Å². The Morgan fingerprint density at radius 1 is 1.19 bits per heavy atom. The Kier molecular flexibility index (Phi) is 7.19. The quantitative estimate of drug-likeness (QED) is 0.349.